The Hall–Kier alpha value is -1.46. The summed E-state index contributed by atoms with van der Waals surface area (Å²) in [5.41, 5.74) is 8.04. The number of hydrogen-bond donors (Lipinski definition) is 0. The molecule has 0 spiro atoms. The van der Waals surface area contributed by atoms with Crippen LogP contribution in [0.2, 0.25) is 0 Å². The van der Waals surface area contributed by atoms with Crippen LogP contribution in [0.1, 0.15) is 25.5 Å². The monoisotopic (exact) mass is 590 g/mol. The molecule has 3 nitrogen and oxygen atoms in total. The van der Waals surface area contributed by atoms with Crippen molar-refractivity contribution in [3.8, 4) is 0 Å². The van der Waals surface area contributed by atoms with Gasteiger partial charge in [-0.1, -0.05) is 19.9 Å². The molecule has 0 aliphatic rings. The van der Waals surface area contributed by atoms with Crippen molar-refractivity contribution >= 4 is 5.95 Å². The minimum atomic E-state index is 0. The molecular formula is C7H10N3ReRf-. The minimum Gasteiger partial charge on any atom is -0.410 e. The molecule has 63 valence electrons. The Morgan fingerprint density at radius 3 is 2.33 bits per heavy atom. The Balaban J connectivity index is 0. The van der Waals surface area contributed by atoms with Gasteiger partial charge in [0.25, 0.3) is 0 Å². The van der Waals surface area contributed by atoms with Gasteiger partial charge in [-0.3, -0.25) is 0 Å². The first-order chi connectivity index (χ1) is 4.70. The molecule has 1 rings (SSSR count). The summed E-state index contributed by atoms with van der Waals surface area (Å²) in [5, 5.41) is 0. The van der Waals surface area contributed by atoms with E-state index in [-0.39, 0.29) is 26.4 Å². The predicted octanol–water partition coefficient (Wildman–Crippen LogP) is 2.28. The Morgan fingerprint density at radius 2 is 2.00 bits per heavy atom. The fraction of sp³-hybridized carbons (Fsp3) is 0.429. The SMILES string of the molecule is CC(C)c1ccnc([NH-])n1.[Re].[Rf]. The summed E-state index contributed by atoms with van der Waals surface area (Å²) in [6, 6.07) is 1.84. The third-order valence-electron chi connectivity index (χ3n) is 1.27. The number of nitrogens with one attached hydrogen (secondary N) is 1. The van der Waals surface area contributed by atoms with E-state index >= 15 is 0 Å². The molecule has 0 bridgehead atoms. The van der Waals surface area contributed by atoms with E-state index in [1.165, 1.54) is 0 Å². The first-order valence-corrected chi connectivity index (χ1v) is 3.24. The molecule has 0 unspecified atom stereocenters. The standard InChI is InChI=1S/C7H10N3.Re.Rf/c1-5(2)6-3-4-9-7(8)10-6;;/h3-5H,1-2H3,(H-,8,9,10);;/q-1;;. The van der Waals surface area contributed by atoms with Crippen LogP contribution in [0.15, 0.2) is 12.3 Å². The maximum absolute atomic E-state index is 7.11. The number of hydrogen-bond acceptors (Lipinski definition) is 2. The third kappa shape index (κ3) is 3.09. The number of nitrogens with zero attached hydrogens (tertiary/aromatic N) is 2. The molecule has 0 aromatic carbocycles. The second-order valence-corrected chi connectivity index (χ2v) is 2.46. The van der Waals surface area contributed by atoms with Gasteiger partial charge >= 0.3 is 0 Å². The van der Waals surface area contributed by atoms with Crippen LogP contribution in [0.5, 0.6) is 0 Å². The average Bonchev–Trinajstić information content (AvgIpc) is 1.88. The summed E-state index contributed by atoms with van der Waals surface area (Å²) in [4.78, 5) is 7.61. The van der Waals surface area contributed by atoms with Gasteiger partial charge < -0.3 is 15.7 Å². The van der Waals surface area contributed by atoms with Crippen molar-refractivity contribution in [3.05, 3.63) is 23.7 Å². The fourth-order valence-corrected chi connectivity index (χ4v) is 0.694. The van der Waals surface area contributed by atoms with E-state index in [1.54, 1.807) is 6.20 Å². The van der Waals surface area contributed by atoms with Gasteiger partial charge in [-0.15, -0.1) is 0 Å². The van der Waals surface area contributed by atoms with Gasteiger partial charge in [0.1, 0.15) is 0 Å². The van der Waals surface area contributed by atoms with Crippen molar-refractivity contribution in [3.63, 3.8) is 0 Å². The van der Waals surface area contributed by atoms with E-state index in [4.69, 9.17) is 5.73 Å². The van der Waals surface area contributed by atoms with Crippen LogP contribution in [-0.4, -0.2) is 9.97 Å². The first kappa shape index (κ1) is 13.2. The van der Waals surface area contributed by atoms with E-state index in [9.17, 15) is 0 Å². The molecule has 1 heterocycles. The average molecular weight is 589 g/mol. The van der Waals surface area contributed by atoms with Crippen LogP contribution in [0.4, 0.5) is 5.95 Å². The van der Waals surface area contributed by atoms with Gasteiger partial charge in [-0.25, -0.2) is 0 Å². The van der Waals surface area contributed by atoms with Crippen molar-refractivity contribution in [2.75, 3.05) is 0 Å². The molecule has 0 atom stereocenters. The fourth-order valence-electron chi connectivity index (χ4n) is 0.694. The molecule has 1 aromatic rings. The minimum absolute atomic E-state index is 0. The molecule has 0 fully saturated rings. The van der Waals surface area contributed by atoms with Crippen LogP contribution in [0.25, 0.3) is 5.73 Å². The zero-order valence-corrected chi connectivity index (χ0v) is 16.3. The van der Waals surface area contributed by atoms with E-state index in [1.807, 2.05) is 19.9 Å². The van der Waals surface area contributed by atoms with Gasteiger partial charge in [-0.2, -0.15) is 0 Å². The Kier molecular flexibility index (Phi) is 5.73. The van der Waals surface area contributed by atoms with Crippen molar-refractivity contribution < 1.29 is 20.4 Å². The van der Waals surface area contributed by atoms with Crippen LogP contribution in [0.3, 0.4) is 0 Å². The summed E-state index contributed by atoms with van der Waals surface area (Å²) >= 11 is 0. The third-order valence-corrected chi connectivity index (χ3v) is 1.27. The summed E-state index contributed by atoms with van der Waals surface area (Å²) in [6.07, 6.45) is 1.62. The van der Waals surface area contributed by atoms with Crippen LogP contribution in [-0.2, 0) is 20.4 Å². The van der Waals surface area contributed by atoms with Crippen molar-refractivity contribution in [2.45, 2.75) is 19.8 Å². The maximum atomic E-state index is 7.11. The Bertz CT molecular complexity index is 230. The molecule has 12 heavy (non-hydrogen) atoms. The number of aromatic nitrogens is 2. The van der Waals surface area contributed by atoms with Crippen LogP contribution >= 0.6 is 0 Å². The topological polar surface area (TPSA) is 49.6 Å². The molecule has 0 aliphatic carbocycles. The van der Waals surface area contributed by atoms with Gasteiger partial charge in [0, 0.05) is 26.4 Å². The normalized spacial score (nSPS) is 8.58. The van der Waals surface area contributed by atoms with E-state index in [2.05, 4.69) is 9.97 Å². The molecular weight excluding hydrogens is 579 g/mol. The van der Waals surface area contributed by atoms with Crippen LogP contribution < -0.4 is 0 Å². The maximum Gasteiger partial charge on any atom is 0.0202 e. The van der Waals surface area contributed by atoms with Crippen LogP contribution in [0, 0.1) is 0 Å². The van der Waals surface area contributed by atoms with E-state index in [0.717, 1.165) is 5.69 Å². The quantitative estimate of drug-likeness (QED) is 0.505. The summed E-state index contributed by atoms with van der Waals surface area (Å²) in [5.74, 6) is 0.485. The van der Waals surface area contributed by atoms with E-state index in [0.29, 0.717) is 5.92 Å². The van der Waals surface area contributed by atoms with E-state index < -0.39 is 0 Å². The first-order valence-electron chi connectivity index (χ1n) is 3.24. The molecule has 0 aliphatic heterocycles. The summed E-state index contributed by atoms with van der Waals surface area (Å²) < 4.78 is 0. The molecule has 0 saturated carbocycles. The second kappa shape index (κ2) is 5.23. The Labute approximate surface area is 80.1 Å². The van der Waals surface area contributed by atoms with Gasteiger partial charge in [0.05, 0.1) is 0 Å². The predicted molar refractivity (Wildman–Crippen MR) is 40.1 cm³/mol. The zero-order chi connectivity index (χ0) is 7.56. The molecule has 0 saturated heterocycles. The summed E-state index contributed by atoms with van der Waals surface area (Å²) in [6.45, 7) is 4.09. The molecule has 5 heteroatoms. The van der Waals surface area contributed by atoms with Gasteiger partial charge in [-0.05, 0) is 17.8 Å². The van der Waals surface area contributed by atoms with Crippen molar-refractivity contribution in [1.82, 2.24) is 9.97 Å². The van der Waals surface area contributed by atoms with Crippen molar-refractivity contribution in [1.29, 1.82) is 0 Å². The Morgan fingerprint density at radius 1 is 1.42 bits per heavy atom. The molecule has 0 amide bonds. The smallest absolute Gasteiger partial charge is 0.0202 e. The molecule has 1 aromatic heterocycles. The summed E-state index contributed by atoms with van der Waals surface area (Å²) in [7, 11) is 0. The largest absolute Gasteiger partial charge is 0.410 e. The number of rotatable bonds is 1. The van der Waals surface area contributed by atoms with Gasteiger partial charge in [0.15, 0.2) is 0 Å². The second-order valence-electron chi connectivity index (χ2n) is 2.46. The molecule has 1 radical (unpaired) electrons. The zero-order valence-electron chi connectivity index (χ0n) is 7.21. The molecule has 1 N–H and O–H groups in total. The van der Waals surface area contributed by atoms with Gasteiger partial charge in [0.2, 0.25) is 0 Å². The van der Waals surface area contributed by atoms with Crippen molar-refractivity contribution in [2.24, 2.45) is 0 Å².